The predicted octanol–water partition coefficient (Wildman–Crippen LogP) is 5.09. The first-order chi connectivity index (χ1) is 6.26. The summed E-state index contributed by atoms with van der Waals surface area (Å²) >= 11 is 0. The molecule has 0 saturated carbocycles. The smallest absolute Gasteiger partial charge is 0.0318 e. The third kappa shape index (κ3) is 5.90. The Balaban J connectivity index is 3.97. The molecular weight excluding hydrogens is 156 g/mol. The topological polar surface area (TPSA) is 0 Å². The zero-order valence-electron chi connectivity index (χ0n) is 9.95. The van der Waals surface area contributed by atoms with Gasteiger partial charge in [0, 0.05) is 0 Å². The summed E-state index contributed by atoms with van der Waals surface area (Å²) in [5.74, 6) is 0. The second-order valence-electron chi connectivity index (χ2n) is 3.94. The minimum atomic E-state index is 1.26. The van der Waals surface area contributed by atoms with Gasteiger partial charge in [-0.2, -0.15) is 0 Å². The van der Waals surface area contributed by atoms with Crippen LogP contribution in [-0.4, -0.2) is 0 Å². The van der Waals surface area contributed by atoms with Crippen molar-refractivity contribution < 1.29 is 0 Å². The zero-order chi connectivity index (χ0) is 10.1. The Kier molecular flexibility index (Phi) is 8.18. The normalized spacial score (nSPS) is 12.9. The lowest BCUT2D eigenvalue weighted by atomic mass is 9.97. The average Bonchev–Trinajstić information content (AvgIpc) is 2.16. The molecule has 0 unspecified atom stereocenters. The van der Waals surface area contributed by atoms with Crippen LogP contribution in [0.2, 0.25) is 0 Å². The van der Waals surface area contributed by atoms with E-state index in [2.05, 4.69) is 27.7 Å². The minimum absolute atomic E-state index is 1.26. The highest BCUT2D eigenvalue weighted by Crippen LogP contribution is 2.19. The molecule has 0 N–H and O–H groups in total. The minimum Gasteiger partial charge on any atom is -0.0741 e. The molecule has 0 radical (unpaired) electrons. The quantitative estimate of drug-likeness (QED) is 0.481. The highest BCUT2D eigenvalue weighted by atomic mass is 14.1. The maximum absolute atomic E-state index is 2.32. The molecule has 0 atom stereocenters. The number of allylic oxidation sites excluding steroid dienone is 2. The molecule has 0 aromatic carbocycles. The fourth-order valence-corrected chi connectivity index (χ4v) is 1.70. The fraction of sp³-hybridized carbons (Fsp3) is 0.846. The van der Waals surface area contributed by atoms with Gasteiger partial charge in [-0.05, 0) is 39.0 Å². The largest absolute Gasteiger partial charge is 0.0741 e. The van der Waals surface area contributed by atoms with Crippen LogP contribution in [0.25, 0.3) is 0 Å². The van der Waals surface area contributed by atoms with Gasteiger partial charge in [0.15, 0.2) is 0 Å². The van der Waals surface area contributed by atoms with Crippen molar-refractivity contribution in [3.05, 3.63) is 11.1 Å². The predicted molar refractivity (Wildman–Crippen MR) is 62.0 cm³/mol. The van der Waals surface area contributed by atoms with Crippen LogP contribution >= 0.6 is 0 Å². The first-order valence-corrected chi connectivity index (χ1v) is 5.93. The van der Waals surface area contributed by atoms with Crippen molar-refractivity contribution in [1.29, 1.82) is 0 Å². The number of hydrogen-bond donors (Lipinski definition) is 0. The van der Waals surface area contributed by atoms with Gasteiger partial charge < -0.3 is 0 Å². The van der Waals surface area contributed by atoms with Crippen LogP contribution in [-0.2, 0) is 0 Å². The Hall–Kier alpha value is -0.260. The van der Waals surface area contributed by atoms with E-state index in [4.69, 9.17) is 0 Å². The van der Waals surface area contributed by atoms with Crippen LogP contribution in [0.4, 0.5) is 0 Å². The first kappa shape index (κ1) is 12.7. The summed E-state index contributed by atoms with van der Waals surface area (Å²) < 4.78 is 0. The summed E-state index contributed by atoms with van der Waals surface area (Å²) in [6.07, 6.45) is 9.29. The summed E-state index contributed by atoms with van der Waals surface area (Å²) in [6.45, 7) is 9.16. The van der Waals surface area contributed by atoms with Crippen molar-refractivity contribution >= 4 is 0 Å². The van der Waals surface area contributed by atoms with E-state index in [0.29, 0.717) is 0 Å². The molecule has 0 saturated heterocycles. The molecule has 0 aliphatic carbocycles. The Morgan fingerprint density at radius 3 is 1.85 bits per heavy atom. The monoisotopic (exact) mass is 182 g/mol. The van der Waals surface area contributed by atoms with Crippen molar-refractivity contribution in [3.8, 4) is 0 Å². The number of rotatable bonds is 7. The van der Waals surface area contributed by atoms with Gasteiger partial charge >= 0.3 is 0 Å². The molecule has 13 heavy (non-hydrogen) atoms. The lowest BCUT2D eigenvalue weighted by Crippen LogP contribution is -1.89. The molecule has 0 heteroatoms. The molecule has 0 spiro atoms. The average molecular weight is 182 g/mol. The van der Waals surface area contributed by atoms with Gasteiger partial charge in [-0.25, -0.2) is 0 Å². The van der Waals surface area contributed by atoms with Crippen LogP contribution in [0, 0.1) is 0 Å². The van der Waals surface area contributed by atoms with E-state index in [1.54, 1.807) is 11.1 Å². The second kappa shape index (κ2) is 8.34. The highest BCUT2D eigenvalue weighted by Gasteiger charge is 1.99. The highest BCUT2D eigenvalue weighted by molar-refractivity contribution is 5.11. The number of hydrogen-bond acceptors (Lipinski definition) is 0. The molecule has 0 heterocycles. The van der Waals surface area contributed by atoms with E-state index < -0.39 is 0 Å². The maximum Gasteiger partial charge on any atom is -0.0318 e. The van der Waals surface area contributed by atoms with Gasteiger partial charge in [-0.1, -0.05) is 44.8 Å². The van der Waals surface area contributed by atoms with Crippen molar-refractivity contribution in [2.45, 2.75) is 72.6 Å². The number of unbranched alkanes of at least 4 members (excludes halogenated alkanes) is 2. The molecule has 0 rings (SSSR count). The van der Waals surface area contributed by atoms with E-state index >= 15 is 0 Å². The van der Waals surface area contributed by atoms with Crippen LogP contribution in [0.1, 0.15) is 72.6 Å². The summed E-state index contributed by atoms with van der Waals surface area (Å²) in [4.78, 5) is 0. The zero-order valence-corrected chi connectivity index (χ0v) is 9.95. The Bertz CT molecular complexity index is 142. The molecule has 0 bridgehead atoms. The van der Waals surface area contributed by atoms with Gasteiger partial charge in [0.1, 0.15) is 0 Å². The molecule has 0 fully saturated rings. The lowest BCUT2D eigenvalue weighted by molar-refractivity contribution is 0.727. The van der Waals surface area contributed by atoms with Gasteiger partial charge in [0.2, 0.25) is 0 Å². The Morgan fingerprint density at radius 2 is 1.38 bits per heavy atom. The maximum atomic E-state index is 2.32. The standard InChI is InChI=1S/C13H26/c1-5-8-10-12(4)13(7-3)11-9-6-2/h5-11H2,1-4H3. The van der Waals surface area contributed by atoms with Crippen molar-refractivity contribution in [2.75, 3.05) is 0 Å². The summed E-state index contributed by atoms with van der Waals surface area (Å²) in [6, 6.07) is 0. The molecule has 78 valence electrons. The van der Waals surface area contributed by atoms with Crippen LogP contribution in [0.5, 0.6) is 0 Å². The third-order valence-electron chi connectivity index (χ3n) is 2.77. The second-order valence-corrected chi connectivity index (χ2v) is 3.94. The third-order valence-corrected chi connectivity index (χ3v) is 2.77. The first-order valence-electron chi connectivity index (χ1n) is 5.93. The SMILES string of the molecule is CCCCC(C)=C(CC)CCCC. The van der Waals surface area contributed by atoms with E-state index in [1.165, 1.54) is 44.9 Å². The van der Waals surface area contributed by atoms with E-state index in [-0.39, 0.29) is 0 Å². The van der Waals surface area contributed by atoms with Crippen molar-refractivity contribution in [2.24, 2.45) is 0 Å². The summed E-state index contributed by atoms with van der Waals surface area (Å²) in [5, 5.41) is 0. The van der Waals surface area contributed by atoms with Gasteiger partial charge in [0.25, 0.3) is 0 Å². The van der Waals surface area contributed by atoms with E-state index in [0.717, 1.165) is 0 Å². The molecule has 0 aliphatic heterocycles. The van der Waals surface area contributed by atoms with E-state index in [9.17, 15) is 0 Å². The molecule has 0 aromatic heterocycles. The lowest BCUT2D eigenvalue weighted by Gasteiger charge is -2.09. The van der Waals surface area contributed by atoms with E-state index in [1.807, 2.05) is 0 Å². The van der Waals surface area contributed by atoms with Crippen molar-refractivity contribution in [3.63, 3.8) is 0 Å². The van der Waals surface area contributed by atoms with Gasteiger partial charge in [0.05, 0.1) is 0 Å². The van der Waals surface area contributed by atoms with Gasteiger partial charge in [-0.15, -0.1) is 0 Å². The molecule has 0 aromatic rings. The fourth-order valence-electron chi connectivity index (χ4n) is 1.70. The summed E-state index contributed by atoms with van der Waals surface area (Å²) in [7, 11) is 0. The van der Waals surface area contributed by atoms with Crippen molar-refractivity contribution in [1.82, 2.24) is 0 Å². The van der Waals surface area contributed by atoms with Gasteiger partial charge in [-0.3, -0.25) is 0 Å². The molecular formula is C13H26. The molecule has 0 amide bonds. The van der Waals surface area contributed by atoms with Crippen LogP contribution < -0.4 is 0 Å². The Labute approximate surface area is 84.4 Å². The Morgan fingerprint density at radius 1 is 0.846 bits per heavy atom. The summed E-state index contributed by atoms with van der Waals surface area (Å²) in [5.41, 5.74) is 3.38. The molecule has 0 aliphatic rings. The van der Waals surface area contributed by atoms with Crippen LogP contribution in [0.3, 0.4) is 0 Å². The molecule has 0 nitrogen and oxygen atoms in total. The van der Waals surface area contributed by atoms with Crippen LogP contribution in [0.15, 0.2) is 11.1 Å².